The largest absolute Gasteiger partial charge is 0.481 e. The SMILES string of the molecule is Cc1ccc(NC(=O)C2C(C(=O)O)C3(Cl)C(Cl)=C(Cl)C2(Cl)C3(Cl)Cl)c(C)c1. The van der Waals surface area contributed by atoms with Gasteiger partial charge in [-0.2, -0.15) is 0 Å². The Hall–Kier alpha value is -0.360. The minimum Gasteiger partial charge on any atom is -0.481 e. The van der Waals surface area contributed by atoms with Crippen LogP contribution in [0.4, 0.5) is 5.69 Å². The minimum atomic E-state index is -2.12. The van der Waals surface area contributed by atoms with Crippen molar-refractivity contribution in [3.63, 3.8) is 0 Å². The molecule has 0 aromatic heterocycles. The number of allylic oxidation sites excluding steroid dienone is 2. The number of carboxylic acid groups (broad SMARTS) is 1. The molecule has 2 bridgehead atoms. The van der Waals surface area contributed by atoms with Crippen LogP contribution in [0.25, 0.3) is 0 Å². The summed E-state index contributed by atoms with van der Waals surface area (Å²) < 4.78 is -2.12. The number of anilines is 1. The molecule has 1 aromatic rings. The smallest absolute Gasteiger partial charge is 0.309 e. The summed E-state index contributed by atoms with van der Waals surface area (Å²) in [6.45, 7) is 3.71. The molecule has 10 heteroatoms. The first kappa shape index (κ1) is 21.4. The van der Waals surface area contributed by atoms with Crippen molar-refractivity contribution in [2.75, 3.05) is 5.32 Å². The zero-order valence-corrected chi connectivity index (χ0v) is 18.5. The van der Waals surface area contributed by atoms with Gasteiger partial charge in [0.2, 0.25) is 5.91 Å². The fraction of sp³-hybridized carbons (Fsp3) is 0.412. The molecule has 2 N–H and O–H groups in total. The van der Waals surface area contributed by atoms with Gasteiger partial charge in [0, 0.05) is 5.69 Å². The van der Waals surface area contributed by atoms with E-state index in [9.17, 15) is 14.7 Å². The molecule has 3 rings (SSSR count). The van der Waals surface area contributed by atoms with Crippen molar-refractivity contribution in [1.29, 1.82) is 0 Å². The highest BCUT2D eigenvalue weighted by molar-refractivity contribution is 6.66. The molecule has 1 fully saturated rings. The standard InChI is InChI=1S/C17H13Cl6NO3/c1-6-3-4-8(7(2)5-6)24-13(25)9-10(14(26)27)16(21)12(19)11(18)15(9,20)17(16,22)23/h3-5,9-10H,1-2H3,(H,24,25)(H,26,27). The van der Waals surface area contributed by atoms with Gasteiger partial charge in [0.05, 0.1) is 21.9 Å². The summed E-state index contributed by atoms with van der Waals surface area (Å²) in [5.41, 5.74) is 2.27. The molecule has 0 radical (unpaired) electrons. The number of aryl methyl sites for hydroxylation is 2. The lowest BCUT2D eigenvalue weighted by molar-refractivity contribution is -0.146. The van der Waals surface area contributed by atoms with Crippen molar-refractivity contribution in [3.8, 4) is 0 Å². The van der Waals surface area contributed by atoms with Crippen LogP contribution in [0.15, 0.2) is 28.3 Å². The molecule has 4 atom stereocenters. The molecule has 1 amide bonds. The zero-order chi connectivity index (χ0) is 20.5. The zero-order valence-electron chi connectivity index (χ0n) is 13.9. The number of carbonyl (C=O) groups is 2. The number of alkyl halides is 4. The molecule has 0 aliphatic heterocycles. The van der Waals surface area contributed by atoms with Crippen LogP contribution < -0.4 is 5.32 Å². The van der Waals surface area contributed by atoms with Gasteiger partial charge in [0.15, 0.2) is 4.33 Å². The lowest BCUT2D eigenvalue weighted by Gasteiger charge is -2.33. The van der Waals surface area contributed by atoms with Gasteiger partial charge in [-0.1, -0.05) is 64.1 Å². The lowest BCUT2D eigenvalue weighted by atomic mass is 9.81. The maximum absolute atomic E-state index is 13.1. The average molecular weight is 492 g/mol. The summed E-state index contributed by atoms with van der Waals surface area (Å²) in [6.07, 6.45) is 0. The van der Waals surface area contributed by atoms with E-state index in [0.29, 0.717) is 5.69 Å². The fourth-order valence-electron chi connectivity index (χ4n) is 3.79. The highest BCUT2D eigenvalue weighted by atomic mass is 35.5. The quantitative estimate of drug-likeness (QED) is 0.556. The summed E-state index contributed by atoms with van der Waals surface area (Å²) in [5.74, 6) is -5.19. The average Bonchev–Trinajstić information content (AvgIpc) is 2.77. The van der Waals surface area contributed by atoms with Crippen LogP contribution in [-0.2, 0) is 9.59 Å². The normalized spacial score (nSPS) is 34.1. The van der Waals surface area contributed by atoms with Gasteiger partial charge in [-0.15, -0.1) is 23.2 Å². The number of amides is 1. The summed E-state index contributed by atoms with van der Waals surface area (Å²) in [5, 5.41) is 11.9. The third kappa shape index (κ3) is 2.57. The minimum absolute atomic E-state index is 0.232. The first-order valence-electron chi connectivity index (χ1n) is 7.74. The van der Waals surface area contributed by atoms with Crippen molar-refractivity contribution in [2.45, 2.75) is 27.9 Å². The van der Waals surface area contributed by atoms with Crippen LogP contribution in [0, 0.1) is 25.7 Å². The van der Waals surface area contributed by atoms with Crippen LogP contribution in [0.1, 0.15) is 11.1 Å². The van der Waals surface area contributed by atoms with Gasteiger partial charge >= 0.3 is 5.97 Å². The molecule has 4 nitrogen and oxygen atoms in total. The number of hydrogen-bond acceptors (Lipinski definition) is 2. The highest BCUT2D eigenvalue weighted by Crippen LogP contribution is 2.76. The van der Waals surface area contributed by atoms with Crippen molar-refractivity contribution < 1.29 is 14.7 Å². The van der Waals surface area contributed by atoms with E-state index in [1.54, 1.807) is 19.1 Å². The lowest BCUT2D eigenvalue weighted by Crippen LogP contribution is -2.47. The molecule has 1 aromatic carbocycles. The van der Waals surface area contributed by atoms with Gasteiger partial charge < -0.3 is 10.4 Å². The Morgan fingerprint density at radius 1 is 1.00 bits per heavy atom. The second kappa shape index (κ2) is 6.58. The molecule has 0 heterocycles. The molecule has 2 aliphatic carbocycles. The van der Waals surface area contributed by atoms with E-state index in [4.69, 9.17) is 69.6 Å². The van der Waals surface area contributed by atoms with Gasteiger partial charge in [-0.25, -0.2) is 0 Å². The van der Waals surface area contributed by atoms with Crippen molar-refractivity contribution in [3.05, 3.63) is 39.4 Å². The first-order valence-corrected chi connectivity index (χ1v) is 10.0. The Balaban J connectivity index is 2.11. The number of fused-ring (bicyclic) bond motifs is 2. The van der Waals surface area contributed by atoms with E-state index in [1.807, 2.05) is 13.0 Å². The number of aliphatic carboxylic acids is 1. The maximum Gasteiger partial charge on any atom is 0.309 e. The van der Waals surface area contributed by atoms with E-state index < -0.39 is 37.8 Å². The number of hydrogen-bond donors (Lipinski definition) is 2. The number of carboxylic acids is 1. The number of halogens is 6. The molecule has 2 aliphatic rings. The Kier molecular flexibility index (Phi) is 5.20. The molecule has 4 unspecified atom stereocenters. The molecule has 1 saturated carbocycles. The number of carbonyl (C=O) groups excluding carboxylic acids is 1. The van der Waals surface area contributed by atoms with Gasteiger partial charge in [-0.05, 0) is 25.5 Å². The predicted octanol–water partition coefficient (Wildman–Crippen LogP) is 5.40. The number of nitrogens with one attached hydrogen (secondary N) is 1. The van der Waals surface area contributed by atoms with Crippen molar-refractivity contribution in [2.24, 2.45) is 11.8 Å². The van der Waals surface area contributed by atoms with Crippen LogP contribution in [0.2, 0.25) is 0 Å². The Morgan fingerprint density at radius 3 is 2.00 bits per heavy atom. The Morgan fingerprint density at radius 2 is 1.52 bits per heavy atom. The molecular formula is C17H13Cl6NO3. The van der Waals surface area contributed by atoms with Gasteiger partial charge in [0.1, 0.15) is 9.75 Å². The summed E-state index contributed by atoms with van der Waals surface area (Å²) in [4.78, 5) is 21.0. The Labute approximate surface area is 185 Å². The van der Waals surface area contributed by atoms with E-state index in [1.165, 1.54) is 0 Å². The highest BCUT2D eigenvalue weighted by Gasteiger charge is 2.85. The molecule has 0 saturated heterocycles. The second-order valence-electron chi connectivity index (χ2n) is 6.73. The monoisotopic (exact) mass is 489 g/mol. The Bertz CT molecular complexity index is 901. The van der Waals surface area contributed by atoms with Gasteiger partial charge in [0.25, 0.3) is 0 Å². The third-order valence-corrected chi connectivity index (χ3v) is 9.38. The number of benzene rings is 1. The number of rotatable bonds is 3. The summed E-state index contributed by atoms with van der Waals surface area (Å²) in [7, 11) is 0. The first-order chi connectivity index (χ1) is 12.3. The third-order valence-electron chi connectivity index (χ3n) is 5.12. The van der Waals surface area contributed by atoms with E-state index in [0.717, 1.165) is 11.1 Å². The molecule has 146 valence electrons. The topological polar surface area (TPSA) is 66.4 Å². The molecular weight excluding hydrogens is 479 g/mol. The van der Waals surface area contributed by atoms with Gasteiger partial charge in [-0.3, -0.25) is 9.59 Å². The van der Waals surface area contributed by atoms with E-state index in [2.05, 4.69) is 5.32 Å². The van der Waals surface area contributed by atoms with Crippen LogP contribution in [0.5, 0.6) is 0 Å². The second-order valence-corrected chi connectivity index (χ2v) is 10.0. The maximum atomic E-state index is 13.1. The molecule has 27 heavy (non-hydrogen) atoms. The van der Waals surface area contributed by atoms with E-state index >= 15 is 0 Å². The van der Waals surface area contributed by atoms with E-state index in [-0.39, 0.29) is 10.1 Å². The van der Waals surface area contributed by atoms with Crippen LogP contribution in [-0.4, -0.2) is 31.1 Å². The van der Waals surface area contributed by atoms with Crippen molar-refractivity contribution >= 4 is 87.2 Å². The summed E-state index contributed by atoms with van der Waals surface area (Å²) >= 11 is 38.3. The summed E-state index contributed by atoms with van der Waals surface area (Å²) in [6, 6.07) is 5.36. The van der Waals surface area contributed by atoms with Crippen molar-refractivity contribution in [1.82, 2.24) is 0 Å². The predicted molar refractivity (Wildman–Crippen MR) is 109 cm³/mol. The molecule has 0 spiro atoms. The van der Waals surface area contributed by atoms with Crippen LogP contribution in [0.3, 0.4) is 0 Å². The fourth-order valence-corrected chi connectivity index (χ4v) is 6.73. The van der Waals surface area contributed by atoms with Crippen LogP contribution >= 0.6 is 69.6 Å².